The Morgan fingerprint density at radius 1 is 1.15 bits per heavy atom. The van der Waals surface area contributed by atoms with Gasteiger partial charge in [0.25, 0.3) is 0 Å². The Balaban J connectivity index is 1.89. The van der Waals surface area contributed by atoms with Crippen LogP contribution in [0.2, 0.25) is 5.02 Å². The van der Waals surface area contributed by atoms with Gasteiger partial charge >= 0.3 is 6.18 Å². The fraction of sp³-hybridized carbons (Fsp3) is 0.360. The summed E-state index contributed by atoms with van der Waals surface area (Å²) < 4.78 is 45.7. The molecule has 0 spiro atoms. The molecule has 2 aromatic carbocycles. The van der Waals surface area contributed by atoms with Gasteiger partial charge < -0.3 is 15.8 Å². The van der Waals surface area contributed by atoms with Crippen molar-refractivity contribution in [3.63, 3.8) is 0 Å². The highest BCUT2D eigenvalue weighted by atomic mass is 35.5. The van der Waals surface area contributed by atoms with E-state index in [2.05, 4.69) is 10.3 Å². The van der Waals surface area contributed by atoms with Crippen molar-refractivity contribution < 1.29 is 22.7 Å². The second-order valence-corrected chi connectivity index (χ2v) is 8.71. The zero-order chi connectivity index (χ0) is 24.9. The van der Waals surface area contributed by atoms with E-state index in [9.17, 15) is 18.0 Å². The molecule has 0 saturated heterocycles. The number of methoxy groups -OCH3 is 1. The number of aromatic nitrogens is 1. The predicted molar refractivity (Wildman–Crippen MR) is 129 cm³/mol. The van der Waals surface area contributed by atoms with Gasteiger partial charge in [-0.2, -0.15) is 13.2 Å². The van der Waals surface area contributed by atoms with Crippen LogP contribution in [0.25, 0.3) is 10.9 Å². The maximum Gasteiger partial charge on any atom is 0.433 e. The molecule has 0 radical (unpaired) electrons. The number of ketones is 1. The third-order valence-corrected chi connectivity index (χ3v) is 5.75. The third kappa shape index (κ3) is 6.61. The first kappa shape index (κ1) is 25.8. The molecule has 3 N–H and O–H groups in total. The zero-order valence-electron chi connectivity index (χ0n) is 19.0. The van der Waals surface area contributed by atoms with E-state index in [1.54, 1.807) is 30.3 Å². The van der Waals surface area contributed by atoms with Gasteiger partial charge in [-0.3, -0.25) is 4.79 Å². The maximum atomic E-state index is 13.5. The first-order valence-electron chi connectivity index (χ1n) is 10.9. The summed E-state index contributed by atoms with van der Waals surface area (Å²) in [5, 5.41) is 4.07. The van der Waals surface area contributed by atoms with E-state index in [0.29, 0.717) is 41.0 Å². The number of ether oxygens (including phenoxy) is 1. The smallest absolute Gasteiger partial charge is 0.433 e. The number of pyridine rings is 1. The lowest BCUT2D eigenvalue weighted by Gasteiger charge is -2.23. The number of fused-ring (bicyclic) bond motifs is 1. The van der Waals surface area contributed by atoms with Gasteiger partial charge in [-0.15, -0.1) is 0 Å². The van der Waals surface area contributed by atoms with Crippen molar-refractivity contribution in [1.29, 1.82) is 0 Å². The first-order chi connectivity index (χ1) is 16.1. The van der Waals surface area contributed by atoms with Gasteiger partial charge in [-0.1, -0.05) is 23.7 Å². The summed E-state index contributed by atoms with van der Waals surface area (Å²) in [5.41, 5.74) is 5.83. The summed E-state index contributed by atoms with van der Waals surface area (Å²) in [7, 11) is 1.50. The summed E-state index contributed by atoms with van der Waals surface area (Å²) >= 11 is 6.11. The molecule has 2 atom stereocenters. The molecular formula is C25H27ClF3N3O2. The quantitative estimate of drug-likeness (QED) is 0.316. The topological polar surface area (TPSA) is 77.2 Å². The molecule has 182 valence electrons. The van der Waals surface area contributed by atoms with Crippen LogP contribution >= 0.6 is 11.6 Å². The number of nitrogens with two attached hydrogens (primary N) is 1. The molecular weight excluding hydrogens is 467 g/mol. The molecule has 1 aromatic heterocycles. The number of nitrogens with one attached hydrogen (secondary N) is 1. The van der Waals surface area contributed by atoms with Crippen LogP contribution in [0.1, 0.15) is 48.7 Å². The second-order valence-electron chi connectivity index (χ2n) is 8.27. The van der Waals surface area contributed by atoms with Crippen molar-refractivity contribution in [2.75, 3.05) is 12.4 Å². The number of hydrogen-bond donors (Lipinski definition) is 2. The Hall–Kier alpha value is -2.84. The minimum absolute atomic E-state index is 0.0939. The molecule has 34 heavy (non-hydrogen) atoms. The fourth-order valence-electron chi connectivity index (χ4n) is 3.75. The molecule has 2 unspecified atom stereocenters. The number of Topliss-reactive ketones (excluding diaryl/α,β-unsaturated/α-hetero) is 1. The van der Waals surface area contributed by atoms with Crippen LogP contribution in [-0.2, 0) is 6.18 Å². The highest BCUT2D eigenvalue weighted by molar-refractivity contribution is 6.31. The number of carbonyl (C=O) groups is 1. The Kier molecular flexibility index (Phi) is 8.38. The average Bonchev–Trinajstić information content (AvgIpc) is 2.79. The second kappa shape index (κ2) is 11.1. The van der Waals surface area contributed by atoms with Crippen LogP contribution in [0.15, 0.2) is 48.5 Å². The SMILES string of the molecule is COc1ccccc1C(=O)CCC(CCC(C)N)Nc1cc(C(F)(F)F)nc2ccc(Cl)cc12. The van der Waals surface area contributed by atoms with E-state index in [-0.39, 0.29) is 35.5 Å². The Labute approximate surface area is 201 Å². The summed E-state index contributed by atoms with van der Waals surface area (Å²) in [6.45, 7) is 1.86. The molecule has 0 aliphatic rings. The Morgan fingerprint density at radius 2 is 1.88 bits per heavy atom. The maximum absolute atomic E-state index is 13.5. The van der Waals surface area contributed by atoms with Gasteiger partial charge in [0.05, 0.1) is 18.2 Å². The first-order valence-corrected chi connectivity index (χ1v) is 11.3. The van der Waals surface area contributed by atoms with Gasteiger partial charge in [0.2, 0.25) is 0 Å². The number of rotatable bonds is 10. The highest BCUT2D eigenvalue weighted by Crippen LogP contribution is 2.35. The van der Waals surface area contributed by atoms with Crippen LogP contribution < -0.4 is 15.8 Å². The van der Waals surface area contributed by atoms with Gasteiger partial charge in [-0.05, 0) is 62.6 Å². The van der Waals surface area contributed by atoms with E-state index in [0.717, 1.165) is 6.07 Å². The molecule has 0 fully saturated rings. The molecule has 3 rings (SSSR count). The lowest BCUT2D eigenvalue weighted by atomic mass is 9.98. The van der Waals surface area contributed by atoms with Crippen LogP contribution in [-0.4, -0.2) is 30.0 Å². The lowest BCUT2D eigenvalue weighted by Crippen LogP contribution is -2.25. The highest BCUT2D eigenvalue weighted by Gasteiger charge is 2.33. The number of alkyl halides is 3. The number of carbonyl (C=O) groups excluding carboxylic acids is 1. The summed E-state index contributed by atoms with van der Waals surface area (Å²) in [6, 6.07) is 12.1. The largest absolute Gasteiger partial charge is 0.496 e. The van der Waals surface area contributed by atoms with Crippen molar-refractivity contribution in [3.05, 3.63) is 64.8 Å². The molecule has 0 aliphatic carbocycles. The molecule has 3 aromatic rings. The summed E-state index contributed by atoms with van der Waals surface area (Å²) in [5.74, 6) is 0.376. The molecule has 0 saturated carbocycles. The van der Waals surface area contributed by atoms with E-state index in [4.69, 9.17) is 22.1 Å². The zero-order valence-corrected chi connectivity index (χ0v) is 19.7. The van der Waals surface area contributed by atoms with Crippen LogP contribution in [0.5, 0.6) is 5.75 Å². The number of benzene rings is 2. The van der Waals surface area contributed by atoms with E-state index < -0.39 is 11.9 Å². The Bertz CT molecular complexity index is 1150. The normalized spacial score (nSPS) is 13.5. The number of anilines is 1. The van der Waals surface area contributed by atoms with Crippen molar-refractivity contribution in [3.8, 4) is 5.75 Å². The van der Waals surface area contributed by atoms with E-state index >= 15 is 0 Å². The number of nitrogens with zero attached hydrogens (tertiary/aromatic N) is 1. The van der Waals surface area contributed by atoms with Crippen molar-refractivity contribution >= 4 is 34.0 Å². The minimum atomic E-state index is -4.61. The van der Waals surface area contributed by atoms with Crippen molar-refractivity contribution in [1.82, 2.24) is 4.98 Å². The molecule has 1 heterocycles. The average molecular weight is 494 g/mol. The minimum Gasteiger partial charge on any atom is -0.496 e. The lowest BCUT2D eigenvalue weighted by molar-refractivity contribution is -0.140. The molecule has 0 bridgehead atoms. The van der Waals surface area contributed by atoms with Crippen LogP contribution in [0.4, 0.5) is 18.9 Å². The van der Waals surface area contributed by atoms with E-state index in [1.165, 1.54) is 19.2 Å². The van der Waals surface area contributed by atoms with Gasteiger partial charge in [-0.25, -0.2) is 4.98 Å². The predicted octanol–water partition coefficient (Wildman–Crippen LogP) is 6.49. The van der Waals surface area contributed by atoms with E-state index in [1.807, 2.05) is 6.92 Å². The monoisotopic (exact) mass is 493 g/mol. The van der Waals surface area contributed by atoms with Gasteiger partial charge in [0, 0.05) is 34.6 Å². The Morgan fingerprint density at radius 3 is 2.56 bits per heavy atom. The van der Waals surface area contributed by atoms with Crippen LogP contribution in [0.3, 0.4) is 0 Å². The van der Waals surface area contributed by atoms with Crippen molar-refractivity contribution in [2.24, 2.45) is 5.73 Å². The van der Waals surface area contributed by atoms with Crippen molar-refractivity contribution in [2.45, 2.75) is 50.9 Å². The summed E-state index contributed by atoms with van der Waals surface area (Å²) in [4.78, 5) is 16.6. The number of halogens is 4. The standard InChI is InChI=1S/C25H27ClF3N3O2/c1-15(30)7-9-17(10-12-22(33)18-5-3-4-6-23(18)34-2)31-21-14-24(25(27,28)29)32-20-11-8-16(26)13-19(20)21/h3-6,8,11,13-15,17H,7,9-10,12,30H2,1-2H3,(H,31,32). The van der Waals surface area contributed by atoms with Gasteiger partial charge in [0.15, 0.2) is 5.78 Å². The number of hydrogen-bond acceptors (Lipinski definition) is 5. The fourth-order valence-corrected chi connectivity index (χ4v) is 3.92. The molecule has 0 aliphatic heterocycles. The number of para-hydroxylation sites is 1. The molecule has 5 nitrogen and oxygen atoms in total. The summed E-state index contributed by atoms with van der Waals surface area (Å²) in [6.07, 6.45) is -2.81. The van der Waals surface area contributed by atoms with Gasteiger partial charge in [0.1, 0.15) is 11.4 Å². The van der Waals surface area contributed by atoms with Crippen LogP contribution in [0, 0.1) is 0 Å². The third-order valence-electron chi connectivity index (χ3n) is 5.52. The molecule has 0 amide bonds. The molecule has 9 heteroatoms.